The Kier molecular flexibility index (Phi) is 6.43. The van der Waals surface area contributed by atoms with Crippen LogP contribution in [-0.2, 0) is 22.4 Å². The normalized spacial score (nSPS) is 15.3. The van der Waals surface area contributed by atoms with Crippen LogP contribution < -0.4 is 15.7 Å². The Morgan fingerprint density at radius 3 is 2.52 bits per heavy atom. The van der Waals surface area contributed by atoms with E-state index in [0.717, 1.165) is 35.8 Å². The molecule has 7 nitrogen and oxygen atoms in total. The maximum Gasteiger partial charge on any atom is 0.408 e. The molecule has 0 saturated heterocycles. The Bertz CT molecular complexity index is 1060. The minimum atomic E-state index is -0.873. The van der Waals surface area contributed by atoms with Crippen LogP contribution >= 0.6 is 0 Å². The van der Waals surface area contributed by atoms with Crippen LogP contribution in [0.2, 0.25) is 0 Å². The van der Waals surface area contributed by atoms with Crippen LogP contribution in [0.15, 0.2) is 21.3 Å². The summed E-state index contributed by atoms with van der Waals surface area (Å²) in [5.74, 6) is -0.453. The average Bonchev–Trinajstić information content (AvgIpc) is 3.17. The van der Waals surface area contributed by atoms with Gasteiger partial charge in [-0.05, 0) is 70.6 Å². The number of hydrogen-bond donors (Lipinski definition) is 1. The Morgan fingerprint density at radius 1 is 1.19 bits per heavy atom. The topological polar surface area (TPSA) is 94.8 Å². The van der Waals surface area contributed by atoms with Crippen LogP contribution in [0.1, 0.15) is 64.2 Å². The number of alkyl carbamates (subject to hydrolysis) is 1. The summed E-state index contributed by atoms with van der Waals surface area (Å²) >= 11 is 0. The third kappa shape index (κ3) is 4.92. The molecule has 1 aromatic carbocycles. The highest BCUT2D eigenvalue weighted by Crippen LogP contribution is 2.33. The number of benzene rings is 1. The van der Waals surface area contributed by atoms with Gasteiger partial charge in [0.25, 0.3) is 0 Å². The van der Waals surface area contributed by atoms with Gasteiger partial charge in [0.15, 0.2) is 0 Å². The number of ether oxygens (including phenoxy) is 2. The summed E-state index contributed by atoms with van der Waals surface area (Å²) in [6.45, 7) is 10.8. The van der Waals surface area contributed by atoms with Crippen molar-refractivity contribution >= 4 is 23.0 Å². The Labute approximate surface area is 182 Å². The molecule has 1 heterocycles. The molecule has 0 spiro atoms. The summed E-state index contributed by atoms with van der Waals surface area (Å²) in [5, 5.41) is 3.52. The number of hydrogen-bond acceptors (Lipinski definition) is 6. The van der Waals surface area contributed by atoms with Crippen LogP contribution in [0, 0.1) is 12.8 Å². The van der Waals surface area contributed by atoms with E-state index >= 15 is 0 Å². The molecule has 1 amide bonds. The number of carbonyl (C=O) groups excluding carboxylic acids is 2. The summed E-state index contributed by atoms with van der Waals surface area (Å²) in [7, 11) is 0. The van der Waals surface area contributed by atoms with E-state index in [9.17, 15) is 14.4 Å². The van der Waals surface area contributed by atoms with E-state index in [0.29, 0.717) is 23.3 Å². The van der Waals surface area contributed by atoms with E-state index in [2.05, 4.69) is 5.32 Å². The molecule has 1 aromatic heterocycles. The lowest BCUT2D eigenvalue weighted by molar-refractivity contribution is -0.138. The Hall–Kier alpha value is -2.83. The second kappa shape index (κ2) is 8.73. The van der Waals surface area contributed by atoms with E-state index in [4.69, 9.17) is 13.9 Å². The summed E-state index contributed by atoms with van der Waals surface area (Å²) in [5.41, 5.74) is 1.79. The fourth-order valence-corrected chi connectivity index (χ4v) is 3.85. The molecule has 0 fully saturated rings. The zero-order valence-corrected chi connectivity index (χ0v) is 19.1. The van der Waals surface area contributed by atoms with Crippen molar-refractivity contribution in [3.05, 3.63) is 39.2 Å². The zero-order valence-electron chi connectivity index (χ0n) is 19.1. The molecule has 1 aliphatic rings. The van der Waals surface area contributed by atoms with Gasteiger partial charge in [-0.1, -0.05) is 20.3 Å². The monoisotopic (exact) mass is 429 g/mol. The fourth-order valence-electron chi connectivity index (χ4n) is 3.85. The van der Waals surface area contributed by atoms with Gasteiger partial charge in [-0.2, -0.15) is 0 Å². The number of amides is 1. The first-order valence-corrected chi connectivity index (χ1v) is 10.8. The number of aryl methyl sites for hydroxylation is 2. The highest BCUT2D eigenvalue weighted by Gasteiger charge is 2.31. The van der Waals surface area contributed by atoms with Crippen molar-refractivity contribution in [1.82, 2.24) is 5.32 Å². The Morgan fingerprint density at radius 2 is 1.87 bits per heavy atom. The van der Waals surface area contributed by atoms with Crippen molar-refractivity contribution in [1.29, 1.82) is 0 Å². The van der Waals surface area contributed by atoms with Crippen LogP contribution in [0.3, 0.4) is 0 Å². The van der Waals surface area contributed by atoms with E-state index in [1.54, 1.807) is 33.8 Å². The highest BCUT2D eigenvalue weighted by atomic mass is 16.6. The van der Waals surface area contributed by atoms with Crippen LogP contribution in [-0.4, -0.2) is 23.7 Å². The van der Waals surface area contributed by atoms with Crippen LogP contribution in [0.5, 0.6) is 5.75 Å². The van der Waals surface area contributed by atoms with Gasteiger partial charge in [0, 0.05) is 16.5 Å². The van der Waals surface area contributed by atoms with Gasteiger partial charge in [0.2, 0.25) is 0 Å². The van der Waals surface area contributed by atoms with Crippen molar-refractivity contribution in [3.63, 3.8) is 0 Å². The number of rotatable bonds is 5. The zero-order chi connectivity index (χ0) is 22.9. The van der Waals surface area contributed by atoms with Gasteiger partial charge < -0.3 is 19.2 Å². The van der Waals surface area contributed by atoms with E-state index < -0.39 is 23.7 Å². The molecule has 7 heteroatoms. The smallest absolute Gasteiger partial charge is 0.408 e. The molecule has 168 valence electrons. The number of nitrogens with one attached hydrogen (secondary N) is 1. The molecule has 1 N–H and O–H groups in total. The van der Waals surface area contributed by atoms with E-state index in [-0.39, 0.29) is 11.5 Å². The van der Waals surface area contributed by atoms with Gasteiger partial charge in [-0.15, -0.1) is 0 Å². The van der Waals surface area contributed by atoms with Crippen molar-refractivity contribution < 1.29 is 23.5 Å². The molecule has 2 unspecified atom stereocenters. The Balaban J connectivity index is 1.88. The SMILES string of the molecule is CCC(C)C(NC(=O)OC(C)(C)C)C(=O)Oc1ccc2c3c(c(=O)oc2c1C)CCC3. The lowest BCUT2D eigenvalue weighted by Crippen LogP contribution is -2.48. The molecule has 3 rings (SSSR count). The van der Waals surface area contributed by atoms with Crippen molar-refractivity contribution in [2.24, 2.45) is 5.92 Å². The van der Waals surface area contributed by atoms with Gasteiger partial charge in [0.1, 0.15) is 23.0 Å². The maximum atomic E-state index is 13.0. The minimum Gasteiger partial charge on any atom is -0.444 e. The second-order valence-corrected chi connectivity index (χ2v) is 9.20. The van der Waals surface area contributed by atoms with Gasteiger partial charge in [-0.3, -0.25) is 0 Å². The van der Waals surface area contributed by atoms with E-state index in [1.807, 2.05) is 19.9 Å². The molecular formula is C24H31NO6. The summed E-state index contributed by atoms with van der Waals surface area (Å²) in [6, 6.07) is 2.68. The van der Waals surface area contributed by atoms with Crippen LogP contribution in [0.25, 0.3) is 11.0 Å². The van der Waals surface area contributed by atoms with Crippen molar-refractivity contribution in [2.45, 2.75) is 78.9 Å². The van der Waals surface area contributed by atoms with Gasteiger partial charge >= 0.3 is 17.7 Å². The second-order valence-electron chi connectivity index (χ2n) is 9.20. The van der Waals surface area contributed by atoms with Crippen LogP contribution in [0.4, 0.5) is 4.79 Å². The fraction of sp³-hybridized carbons (Fsp3) is 0.542. The molecule has 31 heavy (non-hydrogen) atoms. The first kappa shape index (κ1) is 22.8. The molecule has 0 saturated carbocycles. The summed E-state index contributed by atoms with van der Waals surface area (Å²) in [4.78, 5) is 37.6. The standard InChI is InChI=1S/C24H31NO6/c1-7-13(2)19(25-23(28)31-24(4,5)6)22(27)29-18-12-11-16-15-9-8-10-17(15)21(26)30-20(16)14(18)3/h11-13,19H,7-10H2,1-6H3,(H,25,28). The van der Waals surface area contributed by atoms with Crippen molar-refractivity contribution in [2.75, 3.05) is 0 Å². The molecule has 2 atom stereocenters. The molecule has 2 aromatic rings. The largest absolute Gasteiger partial charge is 0.444 e. The first-order chi connectivity index (χ1) is 14.5. The maximum absolute atomic E-state index is 13.0. The minimum absolute atomic E-state index is 0.165. The predicted octanol–water partition coefficient (Wildman–Crippen LogP) is 4.43. The predicted molar refractivity (Wildman–Crippen MR) is 117 cm³/mol. The number of carbonyl (C=O) groups is 2. The molecule has 0 bridgehead atoms. The molecule has 0 radical (unpaired) electrons. The number of esters is 1. The lowest BCUT2D eigenvalue weighted by Gasteiger charge is -2.25. The van der Waals surface area contributed by atoms with Crippen molar-refractivity contribution in [3.8, 4) is 5.75 Å². The van der Waals surface area contributed by atoms with Gasteiger partial charge in [-0.25, -0.2) is 14.4 Å². The van der Waals surface area contributed by atoms with E-state index in [1.165, 1.54) is 0 Å². The average molecular weight is 430 g/mol. The summed E-state index contributed by atoms with van der Waals surface area (Å²) in [6.07, 6.45) is 2.49. The molecular weight excluding hydrogens is 398 g/mol. The van der Waals surface area contributed by atoms with Gasteiger partial charge in [0.05, 0.1) is 0 Å². The molecule has 1 aliphatic carbocycles. The number of fused-ring (bicyclic) bond motifs is 3. The third-order valence-corrected chi connectivity index (χ3v) is 5.69. The quantitative estimate of drug-likeness (QED) is 0.429. The third-order valence-electron chi connectivity index (χ3n) is 5.69. The molecule has 0 aliphatic heterocycles. The first-order valence-electron chi connectivity index (χ1n) is 10.8. The highest BCUT2D eigenvalue weighted by molar-refractivity contribution is 5.88. The summed E-state index contributed by atoms with van der Waals surface area (Å²) < 4.78 is 16.5. The lowest BCUT2D eigenvalue weighted by atomic mass is 9.99.